The van der Waals surface area contributed by atoms with Crippen LogP contribution in [0.1, 0.15) is 12.8 Å². The highest BCUT2D eigenvalue weighted by molar-refractivity contribution is 6.28. The van der Waals surface area contributed by atoms with Gasteiger partial charge in [0.15, 0.2) is 5.78 Å². The maximum absolute atomic E-state index is 10.9. The molecule has 1 unspecified atom stereocenters. The van der Waals surface area contributed by atoms with Crippen LogP contribution in [0.4, 0.5) is 0 Å². The van der Waals surface area contributed by atoms with Gasteiger partial charge in [-0.05, 0) is 12.8 Å². The molecule has 6 N–H and O–H groups in total. The van der Waals surface area contributed by atoms with Gasteiger partial charge >= 0.3 is 0 Å². The summed E-state index contributed by atoms with van der Waals surface area (Å²) in [6.45, 7) is 0. The minimum absolute atomic E-state index is 0.118. The van der Waals surface area contributed by atoms with E-state index in [2.05, 4.69) is 0 Å². The van der Waals surface area contributed by atoms with Gasteiger partial charge in [-0.25, -0.2) is 0 Å². The molecule has 5 nitrogen and oxygen atoms in total. The number of Topliss-reactive ketones (excluding diaryl/α,β-unsaturated/α-hetero) is 1. The van der Waals surface area contributed by atoms with Crippen molar-refractivity contribution in [2.24, 2.45) is 17.2 Å². The number of carbonyl (C=O) groups is 2. The van der Waals surface area contributed by atoms with Crippen LogP contribution >= 0.6 is 11.6 Å². The largest absolute Gasteiger partial charge is 0.368 e. The number of primary amides is 1. The summed E-state index contributed by atoms with van der Waals surface area (Å²) in [7, 11) is 0. The highest BCUT2D eigenvalue weighted by Crippen LogP contribution is 2.00. The fraction of sp³-hybridized carbons (Fsp3) is 0.714. The van der Waals surface area contributed by atoms with Gasteiger partial charge in [-0.15, -0.1) is 11.6 Å². The third kappa shape index (κ3) is 4.82. The molecule has 0 aromatic heterocycles. The van der Waals surface area contributed by atoms with Crippen LogP contribution < -0.4 is 17.2 Å². The first-order chi connectivity index (χ1) is 5.99. The lowest BCUT2D eigenvalue weighted by atomic mass is 10.0. The zero-order chi connectivity index (χ0) is 10.4. The predicted molar refractivity (Wildman–Crippen MR) is 50.1 cm³/mol. The zero-order valence-electron chi connectivity index (χ0n) is 7.20. The molecule has 0 aliphatic rings. The molecule has 0 saturated heterocycles. The van der Waals surface area contributed by atoms with Crippen molar-refractivity contribution in [2.75, 3.05) is 5.88 Å². The van der Waals surface area contributed by atoms with Crippen LogP contribution in [0.15, 0.2) is 0 Å². The molecule has 0 rings (SSSR count). The first-order valence-electron chi connectivity index (χ1n) is 3.88. The molecule has 0 bridgehead atoms. The predicted octanol–water partition coefficient (Wildman–Crippen LogP) is -1.29. The molecular formula is C7H14ClN3O2. The fourth-order valence-electron chi connectivity index (χ4n) is 0.761. The van der Waals surface area contributed by atoms with Crippen LogP contribution in [0, 0.1) is 0 Å². The molecule has 76 valence electrons. The van der Waals surface area contributed by atoms with Crippen LogP contribution in [0.5, 0.6) is 0 Å². The van der Waals surface area contributed by atoms with Crippen molar-refractivity contribution in [1.29, 1.82) is 0 Å². The maximum atomic E-state index is 10.9. The quantitative estimate of drug-likeness (QED) is 0.471. The van der Waals surface area contributed by atoms with E-state index >= 15 is 0 Å². The molecule has 0 fully saturated rings. The Hall–Kier alpha value is -0.650. The van der Waals surface area contributed by atoms with E-state index in [0.717, 1.165) is 0 Å². The molecule has 0 radical (unpaired) electrons. The lowest BCUT2D eigenvalue weighted by Gasteiger charge is -2.11. The molecule has 0 heterocycles. The number of alkyl halides is 1. The van der Waals surface area contributed by atoms with Gasteiger partial charge in [-0.2, -0.15) is 0 Å². The van der Waals surface area contributed by atoms with E-state index in [1.54, 1.807) is 0 Å². The van der Waals surface area contributed by atoms with Gasteiger partial charge in [0.2, 0.25) is 5.91 Å². The van der Waals surface area contributed by atoms with E-state index in [1.165, 1.54) is 0 Å². The summed E-state index contributed by atoms with van der Waals surface area (Å²) < 4.78 is 0. The Kier molecular flexibility index (Phi) is 5.61. The average molecular weight is 208 g/mol. The van der Waals surface area contributed by atoms with Gasteiger partial charge in [0.25, 0.3) is 0 Å². The third-order valence-electron chi connectivity index (χ3n) is 1.70. The Morgan fingerprint density at radius 3 is 2.00 bits per heavy atom. The molecule has 0 spiro atoms. The number of hydrogen-bond donors (Lipinski definition) is 3. The van der Waals surface area contributed by atoms with Gasteiger partial charge in [0, 0.05) is 0 Å². The Labute approximate surface area is 81.6 Å². The molecule has 1 amide bonds. The van der Waals surface area contributed by atoms with Crippen molar-refractivity contribution in [1.82, 2.24) is 0 Å². The van der Waals surface area contributed by atoms with Crippen molar-refractivity contribution in [2.45, 2.75) is 24.9 Å². The summed E-state index contributed by atoms with van der Waals surface area (Å²) in [4.78, 5) is 21.4. The van der Waals surface area contributed by atoms with Crippen molar-refractivity contribution >= 4 is 23.3 Å². The van der Waals surface area contributed by atoms with Gasteiger partial charge in [0.1, 0.15) is 0 Å². The van der Waals surface area contributed by atoms with E-state index in [4.69, 9.17) is 28.8 Å². The molecule has 0 aliphatic heterocycles. The fourth-order valence-corrected chi connectivity index (χ4v) is 0.960. The van der Waals surface area contributed by atoms with E-state index in [-0.39, 0.29) is 11.7 Å². The van der Waals surface area contributed by atoms with Crippen LogP contribution in [0.3, 0.4) is 0 Å². The van der Waals surface area contributed by atoms with Gasteiger partial charge < -0.3 is 17.2 Å². The van der Waals surface area contributed by atoms with E-state index in [9.17, 15) is 9.59 Å². The minimum atomic E-state index is -0.742. The van der Waals surface area contributed by atoms with Crippen molar-refractivity contribution in [3.63, 3.8) is 0 Å². The molecule has 0 aromatic rings. The zero-order valence-corrected chi connectivity index (χ0v) is 7.96. The summed E-state index contributed by atoms with van der Waals surface area (Å²) in [5.41, 5.74) is 15.7. The monoisotopic (exact) mass is 207 g/mol. The number of hydrogen-bond acceptors (Lipinski definition) is 4. The van der Waals surface area contributed by atoms with Gasteiger partial charge in [-0.1, -0.05) is 0 Å². The van der Waals surface area contributed by atoms with E-state index in [1.807, 2.05) is 0 Å². The van der Waals surface area contributed by atoms with E-state index < -0.39 is 18.0 Å². The molecule has 0 saturated carbocycles. The van der Waals surface area contributed by atoms with E-state index in [0.29, 0.717) is 12.8 Å². The summed E-state index contributed by atoms with van der Waals surface area (Å²) in [5.74, 6) is -0.962. The van der Waals surface area contributed by atoms with Gasteiger partial charge in [0.05, 0.1) is 18.0 Å². The number of ketones is 1. The summed E-state index contributed by atoms with van der Waals surface area (Å²) in [5, 5.41) is 0. The summed E-state index contributed by atoms with van der Waals surface area (Å²) >= 11 is 5.27. The molecule has 6 heteroatoms. The number of carbonyl (C=O) groups excluding carboxylic acids is 2. The Bertz CT molecular complexity index is 198. The lowest BCUT2D eigenvalue weighted by Crippen LogP contribution is -2.39. The smallest absolute Gasteiger partial charge is 0.234 e. The molecule has 13 heavy (non-hydrogen) atoms. The second kappa shape index (κ2) is 5.90. The molecule has 0 aromatic carbocycles. The number of amides is 1. The van der Waals surface area contributed by atoms with Crippen molar-refractivity contribution in [3.05, 3.63) is 0 Å². The second-order valence-corrected chi connectivity index (χ2v) is 3.06. The lowest BCUT2D eigenvalue weighted by molar-refractivity contribution is -0.120. The van der Waals surface area contributed by atoms with Crippen LogP contribution in [-0.2, 0) is 9.59 Å². The maximum Gasteiger partial charge on any atom is 0.234 e. The third-order valence-corrected chi connectivity index (χ3v) is 1.96. The second-order valence-electron chi connectivity index (χ2n) is 2.79. The summed E-state index contributed by atoms with van der Waals surface area (Å²) in [6.07, 6.45) is 0.634. The molecular weight excluding hydrogens is 194 g/mol. The first kappa shape index (κ1) is 12.3. The SMILES string of the molecule is NC(=O)[C@@H](N)CCC(N)C(=O)CCl. The minimum Gasteiger partial charge on any atom is -0.368 e. The van der Waals surface area contributed by atoms with Crippen molar-refractivity contribution in [3.8, 4) is 0 Å². The normalized spacial score (nSPS) is 15.0. The topological polar surface area (TPSA) is 112 Å². The molecule has 2 atom stereocenters. The first-order valence-corrected chi connectivity index (χ1v) is 4.41. The van der Waals surface area contributed by atoms with Crippen LogP contribution in [-0.4, -0.2) is 29.7 Å². The van der Waals surface area contributed by atoms with Gasteiger partial charge in [-0.3, -0.25) is 9.59 Å². The van der Waals surface area contributed by atoms with Crippen molar-refractivity contribution < 1.29 is 9.59 Å². The summed E-state index contributed by atoms with van der Waals surface area (Å²) in [6, 6.07) is -1.39. The highest BCUT2D eigenvalue weighted by atomic mass is 35.5. The Morgan fingerprint density at radius 2 is 1.62 bits per heavy atom. The number of nitrogens with two attached hydrogens (primary N) is 3. The number of rotatable bonds is 6. The number of halogens is 1. The Morgan fingerprint density at radius 1 is 1.15 bits per heavy atom. The van der Waals surface area contributed by atoms with Crippen LogP contribution in [0.2, 0.25) is 0 Å². The van der Waals surface area contributed by atoms with Crippen LogP contribution in [0.25, 0.3) is 0 Å². The molecule has 0 aliphatic carbocycles. The average Bonchev–Trinajstić information content (AvgIpc) is 2.11. The Balaban J connectivity index is 3.76. The highest BCUT2D eigenvalue weighted by Gasteiger charge is 2.15. The standard InChI is InChI=1S/C7H14ClN3O2/c8-3-6(12)4(9)1-2-5(10)7(11)13/h4-5H,1-3,9-10H2,(H2,11,13)/t4?,5-/m0/s1.